The van der Waals surface area contributed by atoms with E-state index in [4.69, 9.17) is 15.9 Å². The molecule has 1 fully saturated rings. The Labute approximate surface area is 202 Å². The van der Waals surface area contributed by atoms with Crippen LogP contribution < -0.4 is 5.73 Å². The molecule has 0 amide bonds. The lowest BCUT2D eigenvalue weighted by atomic mass is 9.89. The lowest BCUT2D eigenvalue weighted by molar-refractivity contribution is -0.560. The van der Waals surface area contributed by atoms with E-state index < -0.39 is 18.0 Å². The van der Waals surface area contributed by atoms with Crippen molar-refractivity contribution in [3.8, 4) is 0 Å². The second kappa shape index (κ2) is 14.6. The molecule has 8 nitrogen and oxygen atoms in total. The van der Waals surface area contributed by atoms with Crippen LogP contribution in [0.3, 0.4) is 0 Å². The fourth-order valence-electron chi connectivity index (χ4n) is 4.62. The van der Waals surface area contributed by atoms with E-state index in [2.05, 4.69) is 28.6 Å². The minimum atomic E-state index is -1.05. The van der Waals surface area contributed by atoms with Gasteiger partial charge in [0, 0.05) is 24.7 Å². The van der Waals surface area contributed by atoms with Gasteiger partial charge in [-0.25, -0.2) is 9.57 Å². The molecule has 0 radical (unpaired) electrons. The minimum Gasteiger partial charge on any atom is -0.481 e. The van der Waals surface area contributed by atoms with Gasteiger partial charge < -0.3 is 15.9 Å². The third kappa shape index (κ3) is 8.97. The molecule has 4 atom stereocenters. The summed E-state index contributed by atoms with van der Waals surface area (Å²) in [7, 11) is 0. The Morgan fingerprint density at radius 3 is 2.65 bits per heavy atom. The fraction of sp³-hybridized carbons (Fsp3) is 0.654. The van der Waals surface area contributed by atoms with Gasteiger partial charge in [0.2, 0.25) is 6.67 Å². The highest BCUT2D eigenvalue weighted by molar-refractivity contribution is 6.30. The quantitative estimate of drug-likeness (QED) is 0.178. The molecule has 1 aliphatic heterocycles. The number of Topliss-reactive ketones (excluding diaryl/α,β-unsaturated/α-hetero) is 1. The first-order chi connectivity index (χ1) is 16.3. The summed E-state index contributed by atoms with van der Waals surface area (Å²) in [6.45, 7) is 2.61. The van der Waals surface area contributed by atoms with E-state index in [-0.39, 0.29) is 36.5 Å². The molecule has 0 bridgehead atoms. The molecule has 1 aliphatic carbocycles. The number of carboxylic acids is 2. The summed E-state index contributed by atoms with van der Waals surface area (Å²) in [6, 6.07) is -0.995. The zero-order valence-electron chi connectivity index (χ0n) is 20.3. The Balaban J connectivity index is 2.05. The zero-order valence-corrected chi connectivity index (χ0v) is 20.3. The molecule has 8 heteroatoms. The van der Waals surface area contributed by atoms with Crippen molar-refractivity contribution < 1.29 is 29.2 Å². The first kappa shape index (κ1) is 27.6. The molecular formula is C26H40N3O5+. The van der Waals surface area contributed by atoms with Crippen molar-refractivity contribution in [1.82, 2.24) is 0 Å². The van der Waals surface area contributed by atoms with Gasteiger partial charge in [-0.3, -0.25) is 14.4 Å². The number of nitrogens with two attached hydrogens (primary N) is 1. The van der Waals surface area contributed by atoms with Crippen LogP contribution in [0.2, 0.25) is 0 Å². The van der Waals surface area contributed by atoms with Gasteiger partial charge in [-0.1, -0.05) is 50.5 Å². The molecule has 0 aromatic heterocycles. The summed E-state index contributed by atoms with van der Waals surface area (Å²) in [5.74, 6) is -1.68. The van der Waals surface area contributed by atoms with Crippen molar-refractivity contribution in [1.29, 1.82) is 0 Å². The van der Waals surface area contributed by atoms with E-state index in [0.717, 1.165) is 12.8 Å². The number of rotatable bonds is 16. The van der Waals surface area contributed by atoms with Crippen molar-refractivity contribution >= 4 is 29.6 Å². The summed E-state index contributed by atoms with van der Waals surface area (Å²) < 4.78 is 2.06. The average molecular weight is 475 g/mol. The predicted molar refractivity (Wildman–Crippen MR) is 132 cm³/mol. The highest BCUT2D eigenvalue weighted by Crippen LogP contribution is 2.35. The summed E-state index contributed by atoms with van der Waals surface area (Å²) in [5.41, 5.74) is 6.32. The van der Waals surface area contributed by atoms with Crippen LogP contribution in [0.15, 0.2) is 29.3 Å². The third-order valence-corrected chi connectivity index (χ3v) is 6.56. The number of carbonyl (C=O) groups excluding carboxylic acids is 1. The van der Waals surface area contributed by atoms with Crippen LogP contribution in [0, 0.1) is 11.8 Å². The standard InChI is InChI=1S/C26H39N3O5/c1-2-3-4-5-6-9-12-20-21(13-10-7-8-11-14-25(31)32)24(30)16-23(20)29-17-19(28-18-29)15-22(27)26(33)34/h7,9-10,12,17,20-23H,2-6,8,11,13-16,18,27H2,1H3,(H-,31,32,33,34)/p+1/b10-7-,12-9+/t20-,21?,22?,23?/m1/s1. The normalized spacial score (nSPS) is 23.6. The number of allylic oxidation sites excluding steroid dienone is 3. The van der Waals surface area contributed by atoms with Crippen LogP contribution in [0.5, 0.6) is 0 Å². The van der Waals surface area contributed by atoms with Crippen LogP contribution in [0.4, 0.5) is 0 Å². The maximum atomic E-state index is 13.0. The number of aliphatic imine (C=N–C) groups is 1. The van der Waals surface area contributed by atoms with Gasteiger partial charge in [0.05, 0.1) is 6.42 Å². The Bertz CT molecular complexity index is 830. The van der Waals surface area contributed by atoms with E-state index in [1.807, 2.05) is 18.4 Å². The molecule has 0 spiro atoms. The van der Waals surface area contributed by atoms with E-state index >= 15 is 0 Å². The number of carbonyl (C=O) groups is 3. The number of aliphatic carboxylic acids is 2. The minimum absolute atomic E-state index is 0.00731. The van der Waals surface area contributed by atoms with E-state index in [1.54, 1.807) is 0 Å². The van der Waals surface area contributed by atoms with Crippen molar-refractivity contribution in [2.45, 2.75) is 89.6 Å². The van der Waals surface area contributed by atoms with Gasteiger partial charge in [-0.2, -0.15) is 0 Å². The number of nitrogens with zero attached hydrogens (tertiary/aromatic N) is 2. The molecule has 1 heterocycles. The first-order valence-corrected chi connectivity index (χ1v) is 12.5. The van der Waals surface area contributed by atoms with Gasteiger partial charge in [0.15, 0.2) is 12.3 Å². The molecule has 2 rings (SSSR count). The van der Waals surface area contributed by atoms with E-state index in [0.29, 0.717) is 38.1 Å². The van der Waals surface area contributed by atoms with Gasteiger partial charge in [0.25, 0.3) is 0 Å². The first-order valence-electron chi connectivity index (χ1n) is 12.5. The monoisotopic (exact) mass is 474 g/mol. The number of ketones is 1. The van der Waals surface area contributed by atoms with Crippen molar-refractivity contribution in [2.24, 2.45) is 22.6 Å². The Kier molecular flexibility index (Phi) is 11.9. The van der Waals surface area contributed by atoms with Crippen LogP contribution in [0.25, 0.3) is 0 Å². The lowest BCUT2D eigenvalue weighted by Gasteiger charge is -2.17. The molecule has 0 aromatic rings. The van der Waals surface area contributed by atoms with Crippen LogP contribution in [0.1, 0.15) is 77.6 Å². The lowest BCUT2D eigenvalue weighted by Crippen LogP contribution is -2.34. The van der Waals surface area contributed by atoms with Crippen molar-refractivity contribution in [3.63, 3.8) is 0 Å². The molecule has 188 valence electrons. The molecule has 0 saturated heterocycles. The zero-order chi connectivity index (χ0) is 24.9. The maximum absolute atomic E-state index is 13.0. The number of carboxylic acid groups (broad SMARTS) is 2. The van der Waals surface area contributed by atoms with Crippen LogP contribution in [-0.4, -0.2) is 63.2 Å². The summed E-state index contributed by atoms with van der Waals surface area (Å²) >= 11 is 0. The second-order valence-electron chi connectivity index (χ2n) is 9.28. The highest BCUT2D eigenvalue weighted by Gasteiger charge is 2.47. The van der Waals surface area contributed by atoms with Gasteiger partial charge in [-0.05, 0) is 32.1 Å². The fourth-order valence-corrected chi connectivity index (χ4v) is 4.62. The molecular weight excluding hydrogens is 434 g/mol. The average Bonchev–Trinajstić information content (AvgIpc) is 3.37. The Morgan fingerprint density at radius 2 is 1.94 bits per heavy atom. The molecule has 3 unspecified atom stereocenters. The van der Waals surface area contributed by atoms with Crippen LogP contribution >= 0.6 is 0 Å². The van der Waals surface area contributed by atoms with E-state index in [9.17, 15) is 14.4 Å². The molecule has 2 aliphatic rings. The van der Waals surface area contributed by atoms with Crippen molar-refractivity contribution in [3.05, 3.63) is 24.3 Å². The number of hydrogen-bond acceptors (Lipinski definition) is 5. The molecule has 4 N–H and O–H groups in total. The molecule has 1 saturated carbocycles. The topological polar surface area (TPSA) is 133 Å². The highest BCUT2D eigenvalue weighted by atomic mass is 16.4. The van der Waals surface area contributed by atoms with Gasteiger partial charge >= 0.3 is 11.9 Å². The molecule has 34 heavy (non-hydrogen) atoms. The molecule has 0 aromatic carbocycles. The third-order valence-electron chi connectivity index (χ3n) is 6.56. The van der Waals surface area contributed by atoms with E-state index in [1.165, 1.54) is 19.3 Å². The Hall–Kier alpha value is -2.61. The summed E-state index contributed by atoms with van der Waals surface area (Å²) in [4.78, 5) is 39.2. The predicted octanol–water partition coefficient (Wildman–Crippen LogP) is 3.59. The Morgan fingerprint density at radius 1 is 1.18 bits per heavy atom. The smallest absolute Gasteiger partial charge is 0.320 e. The SMILES string of the molecule is CCCCCC/C=C/[C@@H]1C(C/C=C\CCCC(=O)O)C(=O)CC1[N+]1=CC(CC(N)C(=O)O)=NC1. The summed E-state index contributed by atoms with van der Waals surface area (Å²) in [5, 5.41) is 17.8. The van der Waals surface area contributed by atoms with Gasteiger partial charge in [0.1, 0.15) is 17.5 Å². The van der Waals surface area contributed by atoms with Crippen molar-refractivity contribution in [2.75, 3.05) is 6.67 Å². The van der Waals surface area contributed by atoms with Gasteiger partial charge in [-0.15, -0.1) is 0 Å². The second-order valence-corrected chi connectivity index (χ2v) is 9.28. The van der Waals surface area contributed by atoms with Crippen LogP contribution in [-0.2, 0) is 14.4 Å². The maximum Gasteiger partial charge on any atom is 0.320 e. The number of unbranched alkanes of at least 4 members (excludes halogenated alkanes) is 5. The number of hydrogen-bond donors (Lipinski definition) is 3. The largest absolute Gasteiger partial charge is 0.481 e. The summed E-state index contributed by atoms with van der Waals surface area (Å²) in [6.07, 6.45) is 18.7.